The van der Waals surface area contributed by atoms with Crippen molar-refractivity contribution < 1.29 is 19.5 Å². The van der Waals surface area contributed by atoms with Gasteiger partial charge in [-0.2, -0.15) is 0 Å². The average Bonchev–Trinajstić information content (AvgIpc) is 2.68. The molecule has 0 aromatic rings. The van der Waals surface area contributed by atoms with Crippen molar-refractivity contribution in [1.82, 2.24) is 15.5 Å². The van der Waals surface area contributed by atoms with E-state index in [1.807, 2.05) is 0 Å². The van der Waals surface area contributed by atoms with E-state index >= 15 is 0 Å². The lowest BCUT2D eigenvalue weighted by Gasteiger charge is -2.33. The van der Waals surface area contributed by atoms with Crippen molar-refractivity contribution in [2.24, 2.45) is 5.41 Å². The maximum atomic E-state index is 12.2. The molecule has 2 atom stereocenters. The smallest absolute Gasteiger partial charge is 0.328 e. The Morgan fingerprint density at radius 1 is 1.45 bits per heavy atom. The van der Waals surface area contributed by atoms with Crippen LogP contribution in [0, 0.1) is 5.41 Å². The first-order valence-electron chi connectivity index (χ1n) is 6.85. The van der Waals surface area contributed by atoms with Gasteiger partial charge in [0.25, 0.3) is 0 Å². The number of piperazine rings is 1. The predicted octanol–water partition coefficient (Wildman–Crippen LogP) is 0.160. The summed E-state index contributed by atoms with van der Waals surface area (Å²) in [7, 11) is 0. The van der Waals surface area contributed by atoms with E-state index in [-0.39, 0.29) is 30.5 Å². The number of hydrogen-bond acceptors (Lipinski definition) is 3. The van der Waals surface area contributed by atoms with Crippen molar-refractivity contribution in [2.45, 2.75) is 45.2 Å². The zero-order chi connectivity index (χ0) is 14.9. The van der Waals surface area contributed by atoms with Crippen molar-refractivity contribution >= 4 is 17.9 Å². The highest BCUT2D eigenvalue weighted by Gasteiger charge is 2.38. The summed E-state index contributed by atoms with van der Waals surface area (Å²) in [6, 6.07) is -1.41. The fraction of sp³-hybridized carbons (Fsp3) is 0.769. The van der Waals surface area contributed by atoms with E-state index in [2.05, 4.69) is 24.5 Å². The molecule has 1 aliphatic carbocycles. The van der Waals surface area contributed by atoms with Gasteiger partial charge in [0.05, 0.1) is 0 Å². The number of carboxylic acid groups (broad SMARTS) is 1. The van der Waals surface area contributed by atoms with Crippen LogP contribution in [0.25, 0.3) is 0 Å². The maximum Gasteiger partial charge on any atom is 0.328 e. The van der Waals surface area contributed by atoms with Crippen LogP contribution in [-0.2, 0) is 9.59 Å². The summed E-state index contributed by atoms with van der Waals surface area (Å²) < 4.78 is 0. The van der Waals surface area contributed by atoms with Crippen molar-refractivity contribution in [3.8, 4) is 0 Å². The van der Waals surface area contributed by atoms with Crippen molar-refractivity contribution in [2.75, 3.05) is 13.1 Å². The topological polar surface area (TPSA) is 98.7 Å². The second-order valence-corrected chi connectivity index (χ2v) is 6.34. The van der Waals surface area contributed by atoms with Gasteiger partial charge in [-0.1, -0.05) is 13.8 Å². The van der Waals surface area contributed by atoms with Crippen molar-refractivity contribution in [3.63, 3.8) is 0 Å². The van der Waals surface area contributed by atoms with E-state index in [1.165, 1.54) is 0 Å². The molecule has 0 spiro atoms. The van der Waals surface area contributed by atoms with Gasteiger partial charge in [0.15, 0.2) is 0 Å². The highest BCUT2D eigenvalue weighted by atomic mass is 16.4. The fourth-order valence-electron chi connectivity index (χ4n) is 2.89. The standard InChI is InChI=1S/C13H21N3O4/c1-13(2)4-3-8(5-13)15-12(20)16-7-10(17)14-6-9(16)11(18)19/h8-9H,3-7H2,1-2H3,(H,14,17)(H,15,20)(H,18,19). The van der Waals surface area contributed by atoms with Gasteiger partial charge in [-0.25, -0.2) is 9.59 Å². The molecule has 1 aliphatic heterocycles. The number of carbonyl (C=O) groups excluding carboxylic acids is 2. The van der Waals surface area contributed by atoms with Crippen LogP contribution < -0.4 is 10.6 Å². The lowest BCUT2D eigenvalue weighted by molar-refractivity contribution is -0.144. The van der Waals surface area contributed by atoms with Gasteiger partial charge < -0.3 is 15.7 Å². The second-order valence-electron chi connectivity index (χ2n) is 6.34. The van der Waals surface area contributed by atoms with Crippen molar-refractivity contribution in [1.29, 1.82) is 0 Å². The molecule has 1 saturated heterocycles. The van der Waals surface area contributed by atoms with E-state index in [0.717, 1.165) is 24.2 Å². The number of nitrogens with zero attached hydrogens (tertiary/aromatic N) is 1. The van der Waals surface area contributed by atoms with Gasteiger partial charge in [-0.15, -0.1) is 0 Å². The molecule has 1 saturated carbocycles. The van der Waals surface area contributed by atoms with Crippen LogP contribution in [0.1, 0.15) is 33.1 Å². The molecule has 2 rings (SSSR count). The lowest BCUT2D eigenvalue weighted by atomic mass is 9.92. The molecular weight excluding hydrogens is 262 g/mol. The van der Waals surface area contributed by atoms with E-state index < -0.39 is 18.0 Å². The van der Waals surface area contributed by atoms with Crippen LogP contribution in [0.15, 0.2) is 0 Å². The molecule has 112 valence electrons. The summed E-state index contributed by atoms with van der Waals surface area (Å²) in [4.78, 5) is 35.8. The third kappa shape index (κ3) is 3.20. The first kappa shape index (κ1) is 14.6. The first-order valence-corrected chi connectivity index (χ1v) is 6.85. The third-order valence-electron chi connectivity index (χ3n) is 4.02. The fourth-order valence-corrected chi connectivity index (χ4v) is 2.89. The van der Waals surface area contributed by atoms with Crippen LogP contribution in [-0.4, -0.2) is 53.1 Å². The number of urea groups is 1. The average molecular weight is 283 g/mol. The minimum absolute atomic E-state index is 0.0439. The Balaban J connectivity index is 1.99. The number of aliphatic carboxylic acids is 1. The van der Waals surface area contributed by atoms with Gasteiger partial charge in [-0.3, -0.25) is 9.69 Å². The Hall–Kier alpha value is -1.79. The highest BCUT2D eigenvalue weighted by molar-refractivity contribution is 5.90. The van der Waals surface area contributed by atoms with Crippen LogP contribution in [0.5, 0.6) is 0 Å². The number of amides is 3. The molecule has 2 fully saturated rings. The molecule has 0 bridgehead atoms. The van der Waals surface area contributed by atoms with Gasteiger partial charge in [-0.05, 0) is 24.7 Å². The number of rotatable bonds is 2. The molecular formula is C13H21N3O4. The Morgan fingerprint density at radius 3 is 2.70 bits per heavy atom. The van der Waals surface area contributed by atoms with Gasteiger partial charge in [0, 0.05) is 12.6 Å². The zero-order valence-electron chi connectivity index (χ0n) is 11.8. The summed E-state index contributed by atoms with van der Waals surface area (Å²) in [5.41, 5.74) is 0.198. The van der Waals surface area contributed by atoms with Gasteiger partial charge in [0.1, 0.15) is 12.6 Å². The Morgan fingerprint density at radius 2 is 2.15 bits per heavy atom. The largest absolute Gasteiger partial charge is 0.480 e. The summed E-state index contributed by atoms with van der Waals surface area (Å²) in [5, 5.41) is 14.4. The van der Waals surface area contributed by atoms with Gasteiger partial charge >= 0.3 is 12.0 Å². The molecule has 0 aromatic carbocycles. The molecule has 0 radical (unpaired) electrons. The van der Waals surface area contributed by atoms with Crippen LogP contribution in [0.3, 0.4) is 0 Å². The zero-order valence-corrected chi connectivity index (χ0v) is 11.8. The molecule has 3 N–H and O–H groups in total. The lowest BCUT2D eigenvalue weighted by Crippen LogP contribution is -2.62. The molecule has 3 amide bonds. The molecule has 0 aromatic heterocycles. The van der Waals surface area contributed by atoms with Crippen LogP contribution >= 0.6 is 0 Å². The highest BCUT2D eigenvalue weighted by Crippen LogP contribution is 2.36. The Labute approximate surface area is 117 Å². The van der Waals surface area contributed by atoms with Crippen LogP contribution in [0.4, 0.5) is 4.79 Å². The van der Waals surface area contributed by atoms with E-state index in [0.29, 0.717) is 0 Å². The summed E-state index contributed by atoms with van der Waals surface area (Å²) in [5.74, 6) is -1.43. The molecule has 2 aliphatic rings. The van der Waals surface area contributed by atoms with E-state index in [4.69, 9.17) is 5.11 Å². The van der Waals surface area contributed by atoms with Crippen molar-refractivity contribution in [3.05, 3.63) is 0 Å². The quantitative estimate of drug-likeness (QED) is 0.672. The summed E-state index contributed by atoms with van der Waals surface area (Å²) in [6.07, 6.45) is 2.79. The second kappa shape index (κ2) is 5.30. The Kier molecular flexibility index (Phi) is 3.87. The number of carboxylic acids is 1. The molecule has 7 nitrogen and oxygen atoms in total. The predicted molar refractivity (Wildman–Crippen MR) is 71.1 cm³/mol. The Bertz CT molecular complexity index is 435. The minimum atomic E-state index is -1.10. The molecule has 1 heterocycles. The molecule has 20 heavy (non-hydrogen) atoms. The first-order chi connectivity index (χ1) is 9.28. The monoisotopic (exact) mass is 283 g/mol. The maximum absolute atomic E-state index is 12.2. The SMILES string of the molecule is CC1(C)CCC(NC(=O)N2CC(=O)NCC2C(=O)O)C1. The van der Waals surface area contributed by atoms with Gasteiger partial charge in [0.2, 0.25) is 5.91 Å². The normalized spacial score (nSPS) is 28.9. The summed E-state index contributed by atoms with van der Waals surface area (Å²) >= 11 is 0. The van der Waals surface area contributed by atoms with E-state index in [1.54, 1.807) is 0 Å². The summed E-state index contributed by atoms with van der Waals surface area (Å²) in [6.45, 7) is 4.04. The van der Waals surface area contributed by atoms with Crippen LogP contribution in [0.2, 0.25) is 0 Å². The number of hydrogen-bond donors (Lipinski definition) is 3. The number of nitrogens with one attached hydrogen (secondary N) is 2. The third-order valence-corrected chi connectivity index (χ3v) is 4.02. The van der Waals surface area contributed by atoms with E-state index in [9.17, 15) is 14.4 Å². The minimum Gasteiger partial charge on any atom is -0.480 e. The molecule has 2 unspecified atom stereocenters. The number of carbonyl (C=O) groups is 3. The molecule has 7 heteroatoms.